The molecular formula is C32H40IN6O4S-. The second kappa shape index (κ2) is 12.5. The van der Waals surface area contributed by atoms with Crippen LogP contribution in [-0.2, 0) is 14.8 Å². The van der Waals surface area contributed by atoms with Gasteiger partial charge in [-0.3, -0.25) is 0 Å². The Bertz CT molecular complexity index is 1690. The number of benzene rings is 1. The molecular weight excluding hydrogens is 691 g/mol. The van der Waals surface area contributed by atoms with Gasteiger partial charge in [0.25, 0.3) is 0 Å². The first-order chi connectivity index (χ1) is 21.1. The Morgan fingerprint density at radius 3 is 2.77 bits per heavy atom. The van der Waals surface area contributed by atoms with E-state index in [1.807, 2.05) is 18.9 Å². The Morgan fingerprint density at radius 2 is 2.00 bits per heavy atom. The molecule has 2 aromatic rings. The number of sulfonamides is 1. The number of hydrogen-bond acceptors (Lipinski definition) is 8. The van der Waals surface area contributed by atoms with Crippen molar-refractivity contribution in [3.8, 4) is 0 Å². The number of halogens is 1. The van der Waals surface area contributed by atoms with Crippen LogP contribution in [0.1, 0.15) is 63.5 Å². The normalized spacial score (nSPS) is 22.3. The third kappa shape index (κ3) is 5.65. The van der Waals surface area contributed by atoms with Crippen LogP contribution in [0.5, 0.6) is 0 Å². The zero-order valence-corrected chi connectivity index (χ0v) is 28.6. The maximum atomic E-state index is 14.1. The number of allylic oxidation sites excluding steroid dienone is 4. The SMILES string of the molecule is CCN1NNc2c1ccc([C@@H](CC(=O)O)C1=CC=C(C)C(CN3C[C@@H]4CCCCN4c4ncccc4S3(=O)=O)=C(C)[I-]1)c2C. The van der Waals surface area contributed by atoms with E-state index >= 15 is 0 Å². The van der Waals surface area contributed by atoms with E-state index in [-0.39, 0.29) is 23.3 Å². The van der Waals surface area contributed by atoms with Crippen molar-refractivity contribution in [2.24, 2.45) is 0 Å². The fraction of sp³-hybridized carbons (Fsp3) is 0.438. The molecule has 6 rings (SSSR count). The summed E-state index contributed by atoms with van der Waals surface area (Å²) < 4.78 is 32.2. The Hall–Kier alpha value is -2.94. The standard InChI is InChI=1S/C32H40IN6O4S/c1-5-39-28-14-12-24(21(3)31(28)35-36-39)25(17-30(40)41)27-13-11-20(2)26(22(4)33-27)19-37-18-23-9-6-7-16-38(23)32-29(44(37,42)43)10-8-15-34-32/h8,10-15,23,25,35-36H,5-7,9,16-19H2,1-4H3,(H,40,41)/q-1/t23-,25+/m0/s1. The Balaban J connectivity index is 1.33. The van der Waals surface area contributed by atoms with Crippen LogP contribution in [-0.4, -0.2) is 61.0 Å². The first-order valence-electron chi connectivity index (χ1n) is 15.2. The number of hydrogen-bond donors (Lipinski definition) is 3. The molecule has 1 aromatic heterocycles. The van der Waals surface area contributed by atoms with Crippen LogP contribution in [0, 0.1) is 6.92 Å². The summed E-state index contributed by atoms with van der Waals surface area (Å²) in [4.78, 5) is 19.2. The van der Waals surface area contributed by atoms with Crippen LogP contribution < -0.4 is 42.1 Å². The van der Waals surface area contributed by atoms with Crippen molar-refractivity contribution in [1.82, 2.24) is 14.8 Å². The zero-order chi connectivity index (χ0) is 31.2. The number of fused-ring (bicyclic) bond motifs is 4. The first kappa shape index (κ1) is 31.1. The average molecular weight is 732 g/mol. The summed E-state index contributed by atoms with van der Waals surface area (Å²) in [6.07, 6.45) is 8.87. The minimum absolute atomic E-state index is 0.00654. The number of carboxylic acid groups (broad SMARTS) is 1. The van der Waals surface area contributed by atoms with Gasteiger partial charge in [0.1, 0.15) is 0 Å². The molecule has 236 valence electrons. The van der Waals surface area contributed by atoms with Gasteiger partial charge in [0.05, 0.1) is 0 Å². The fourth-order valence-electron chi connectivity index (χ4n) is 6.75. The Morgan fingerprint density at radius 1 is 1.18 bits per heavy atom. The van der Waals surface area contributed by atoms with E-state index in [0.29, 0.717) is 18.9 Å². The van der Waals surface area contributed by atoms with Crippen LogP contribution in [0.3, 0.4) is 0 Å². The van der Waals surface area contributed by atoms with Gasteiger partial charge in [0, 0.05) is 0 Å². The van der Waals surface area contributed by atoms with Crippen LogP contribution in [0.15, 0.2) is 65.8 Å². The van der Waals surface area contributed by atoms with Crippen molar-refractivity contribution < 1.29 is 39.5 Å². The molecule has 4 aliphatic heterocycles. The van der Waals surface area contributed by atoms with Gasteiger partial charge in [-0.1, -0.05) is 0 Å². The molecule has 5 heterocycles. The number of piperidine rings is 1. The molecule has 0 saturated carbocycles. The van der Waals surface area contributed by atoms with E-state index in [1.54, 1.807) is 22.6 Å². The number of hydrazine groups is 2. The van der Waals surface area contributed by atoms with E-state index < -0.39 is 37.2 Å². The number of carboxylic acids is 1. The Kier molecular flexibility index (Phi) is 8.79. The quantitative estimate of drug-likeness (QED) is 0.368. The molecule has 0 radical (unpaired) electrons. The van der Waals surface area contributed by atoms with Gasteiger partial charge in [-0.2, -0.15) is 0 Å². The summed E-state index contributed by atoms with van der Waals surface area (Å²) in [6.45, 7) is 10.6. The van der Waals surface area contributed by atoms with E-state index in [9.17, 15) is 18.3 Å². The molecule has 0 amide bonds. The third-order valence-electron chi connectivity index (χ3n) is 9.15. The molecule has 1 aromatic carbocycles. The number of carbonyl (C=O) groups is 1. The molecule has 0 unspecified atom stereocenters. The summed E-state index contributed by atoms with van der Waals surface area (Å²) in [5, 5.41) is 12.0. The maximum absolute atomic E-state index is 14.1. The second-order valence-electron chi connectivity index (χ2n) is 11.8. The van der Waals surface area contributed by atoms with Crippen molar-refractivity contribution in [3.05, 3.63) is 72.0 Å². The molecule has 0 spiro atoms. The topological polar surface area (TPSA) is 118 Å². The van der Waals surface area contributed by atoms with Crippen LogP contribution in [0.4, 0.5) is 17.2 Å². The van der Waals surface area contributed by atoms with Gasteiger partial charge in [-0.15, -0.1) is 0 Å². The van der Waals surface area contributed by atoms with Gasteiger partial charge < -0.3 is 0 Å². The predicted octanol–water partition coefficient (Wildman–Crippen LogP) is 1.89. The second-order valence-corrected chi connectivity index (χ2v) is 17.1. The van der Waals surface area contributed by atoms with Crippen LogP contribution in [0.25, 0.3) is 0 Å². The fourth-order valence-corrected chi connectivity index (χ4v) is 11.5. The van der Waals surface area contributed by atoms with E-state index in [0.717, 1.165) is 69.6 Å². The summed E-state index contributed by atoms with van der Waals surface area (Å²) in [5.41, 5.74) is 12.6. The number of pyridine rings is 1. The molecule has 0 bridgehead atoms. The van der Waals surface area contributed by atoms with Gasteiger partial charge in [-0.05, 0) is 0 Å². The molecule has 10 nitrogen and oxygen atoms in total. The molecule has 1 saturated heterocycles. The van der Waals surface area contributed by atoms with Crippen molar-refractivity contribution >= 4 is 33.2 Å². The third-order valence-corrected chi connectivity index (χ3v) is 14.2. The van der Waals surface area contributed by atoms with Crippen molar-refractivity contribution in [1.29, 1.82) is 0 Å². The molecule has 0 aliphatic carbocycles. The molecule has 44 heavy (non-hydrogen) atoms. The van der Waals surface area contributed by atoms with Gasteiger partial charge >= 0.3 is 271 Å². The van der Waals surface area contributed by atoms with Crippen molar-refractivity contribution in [2.45, 2.75) is 70.2 Å². The summed E-state index contributed by atoms with van der Waals surface area (Å²) in [7, 11) is -3.77. The molecule has 12 heteroatoms. The summed E-state index contributed by atoms with van der Waals surface area (Å²) >= 11 is -0.741. The summed E-state index contributed by atoms with van der Waals surface area (Å²) in [5.74, 6) is -0.548. The molecule has 4 aliphatic rings. The monoisotopic (exact) mass is 731 g/mol. The van der Waals surface area contributed by atoms with Crippen LogP contribution in [0.2, 0.25) is 0 Å². The number of aliphatic carboxylic acids is 1. The predicted molar refractivity (Wildman–Crippen MR) is 168 cm³/mol. The van der Waals surface area contributed by atoms with Crippen molar-refractivity contribution in [2.75, 3.05) is 41.5 Å². The molecule has 2 atom stereocenters. The van der Waals surface area contributed by atoms with Gasteiger partial charge in [0.15, 0.2) is 0 Å². The van der Waals surface area contributed by atoms with Gasteiger partial charge in [-0.25, -0.2) is 0 Å². The number of anilines is 3. The van der Waals surface area contributed by atoms with Crippen LogP contribution >= 0.6 is 0 Å². The van der Waals surface area contributed by atoms with E-state index in [2.05, 4.69) is 59.0 Å². The van der Waals surface area contributed by atoms with Crippen molar-refractivity contribution in [3.63, 3.8) is 0 Å². The minimum atomic E-state index is -3.77. The molecule has 1 fully saturated rings. The van der Waals surface area contributed by atoms with Gasteiger partial charge in [0.2, 0.25) is 0 Å². The number of nitrogens with zero attached hydrogens (tertiary/aromatic N) is 4. The Labute approximate surface area is 270 Å². The molecule has 3 N–H and O–H groups in total. The average Bonchev–Trinajstić information content (AvgIpc) is 3.34. The van der Waals surface area contributed by atoms with E-state index in [4.69, 9.17) is 0 Å². The van der Waals surface area contributed by atoms with E-state index in [1.165, 1.54) is 3.58 Å². The summed E-state index contributed by atoms with van der Waals surface area (Å²) in [6, 6.07) is 7.60. The number of nitrogens with one attached hydrogen (secondary N) is 2. The zero-order valence-electron chi connectivity index (χ0n) is 25.6. The number of aromatic nitrogens is 1. The number of rotatable bonds is 7. The first-order valence-corrected chi connectivity index (χ1v) is 18.8.